The molecule has 0 N–H and O–H groups in total. The Bertz CT molecular complexity index is 1420. The molecule has 16 radical (unpaired) electrons. The molecule has 17 heteroatoms. The molecule has 1 aromatic heterocycles. The molecule has 0 fully saturated rings. The first-order valence-electron chi connectivity index (χ1n) is 10.7. The molecule has 170 valence electrons. The lowest BCUT2D eigenvalue weighted by atomic mass is 9.64. The van der Waals surface area contributed by atoms with Gasteiger partial charge in [0.15, 0.2) is 0 Å². The van der Waals surface area contributed by atoms with E-state index in [2.05, 4.69) is 14.7 Å². The zero-order valence-electron chi connectivity index (χ0n) is 19.5. The van der Waals surface area contributed by atoms with E-state index in [9.17, 15) is 18.0 Å². The predicted octanol–water partition coefficient (Wildman–Crippen LogP) is -4.17. The lowest BCUT2D eigenvalue weighted by Crippen LogP contribution is -2.49. The maximum absolute atomic E-state index is 13.7. The van der Waals surface area contributed by atoms with Gasteiger partial charge in [0.2, 0.25) is 0 Å². The molecule has 1 aliphatic rings. The Morgan fingerprint density at radius 2 is 1.47 bits per heavy atom. The quantitative estimate of drug-likeness (QED) is 0.345. The second-order valence-electron chi connectivity index (χ2n) is 8.43. The number of hydrogen-bond acceptors (Lipinski definition) is 5. The van der Waals surface area contributed by atoms with Crippen molar-refractivity contribution in [2.75, 3.05) is 6.54 Å². The highest BCUT2D eigenvalue weighted by atomic mass is 19.4. The summed E-state index contributed by atoms with van der Waals surface area (Å²) < 4.78 is 47.2. The number of hydrogen-bond donors (Lipinski definition) is 0. The topological polar surface area (TPSA) is 64.6 Å². The number of rotatable bonds is 4. The molecule has 0 atom stereocenters. The molecular formula is C21H8B8F3N3O3. The molecule has 4 rings (SSSR count). The summed E-state index contributed by atoms with van der Waals surface area (Å²) >= 11 is 0. The number of nitrogens with zero attached hydrogens (tertiary/aromatic N) is 3. The fourth-order valence-corrected chi connectivity index (χ4v) is 3.91. The van der Waals surface area contributed by atoms with E-state index in [0.717, 1.165) is 17.0 Å². The number of carbonyl (C=O) groups is 1. The van der Waals surface area contributed by atoms with Crippen molar-refractivity contribution in [3.63, 3.8) is 0 Å². The fourth-order valence-electron chi connectivity index (χ4n) is 3.91. The van der Waals surface area contributed by atoms with E-state index in [4.69, 9.17) is 67.5 Å². The van der Waals surface area contributed by atoms with Gasteiger partial charge in [0.25, 0.3) is 5.91 Å². The van der Waals surface area contributed by atoms with Gasteiger partial charge in [-0.05, 0) is 34.4 Å². The van der Waals surface area contributed by atoms with E-state index >= 15 is 0 Å². The number of amides is 1. The Morgan fingerprint density at radius 3 is 2.03 bits per heavy atom. The van der Waals surface area contributed by atoms with Gasteiger partial charge in [-0.3, -0.25) is 4.79 Å². The van der Waals surface area contributed by atoms with Crippen LogP contribution in [0.4, 0.5) is 13.2 Å². The maximum Gasteiger partial charge on any atom is 0.573 e. The van der Waals surface area contributed by atoms with Crippen LogP contribution >= 0.6 is 0 Å². The second kappa shape index (κ2) is 9.89. The minimum Gasteiger partial charge on any atom is -0.505 e. The van der Waals surface area contributed by atoms with Crippen molar-refractivity contribution >= 4 is 102 Å². The molecule has 1 aliphatic heterocycles. The van der Waals surface area contributed by atoms with E-state index in [1.165, 1.54) is 12.1 Å². The van der Waals surface area contributed by atoms with Crippen molar-refractivity contribution in [3.8, 4) is 22.6 Å². The average molecular weight is 494 g/mol. The van der Waals surface area contributed by atoms with Gasteiger partial charge in [0.1, 0.15) is 80.1 Å². The van der Waals surface area contributed by atoms with Crippen LogP contribution in [0.15, 0.2) is 24.3 Å². The number of aromatic nitrogens is 2. The first kappa shape index (κ1) is 27.9. The molecule has 2 aromatic carbocycles. The number of alkyl halides is 3. The summed E-state index contributed by atoms with van der Waals surface area (Å²) in [7, 11) is 48.1. The zero-order valence-corrected chi connectivity index (χ0v) is 19.5. The van der Waals surface area contributed by atoms with Crippen LogP contribution in [0.3, 0.4) is 0 Å². The summed E-state index contributed by atoms with van der Waals surface area (Å²) in [5, 5.41) is -1.96. The average Bonchev–Trinajstić information content (AvgIpc) is 2.89. The number of fused-ring (bicyclic) bond motifs is 1. The second-order valence-corrected chi connectivity index (χ2v) is 8.43. The van der Waals surface area contributed by atoms with Gasteiger partial charge < -0.3 is 14.4 Å². The molecule has 38 heavy (non-hydrogen) atoms. The molecular weight excluding hydrogens is 486 g/mol. The fraction of sp³-hybridized carbons (Fsp3) is 0.190. The summed E-state index contributed by atoms with van der Waals surface area (Å²) in [5.41, 5.74) is -0.696. The van der Waals surface area contributed by atoms with Gasteiger partial charge in [-0.2, -0.15) is 0 Å². The Labute approximate surface area is 227 Å². The molecule has 3 aromatic rings. The van der Waals surface area contributed by atoms with Crippen LogP contribution in [0.25, 0.3) is 11.1 Å². The summed E-state index contributed by atoms with van der Waals surface area (Å²) in [4.78, 5) is 22.9. The third-order valence-corrected chi connectivity index (χ3v) is 5.56. The van der Waals surface area contributed by atoms with Crippen LogP contribution in [-0.2, 0) is 6.54 Å². The minimum atomic E-state index is -4.89. The smallest absolute Gasteiger partial charge is 0.505 e. The summed E-state index contributed by atoms with van der Waals surface area (Å²) in [6.45, 7) is -0.666. The highest BCUT2D eigenvalue weighted by Gasteiger charge is 2.36. The lowest BCUT2D eigenvalue weighted by Gasteiger charge is -2.31. The molecule has 2 heterocycles. The lowest BCUT2D eigenvalue weighted by molar-refractivity contribution is -0.274. The first-order chi connectivity index (χ1) is 17.6. The van der Waals surface area contributed by atoms with Crippen LogP contribution in [0.5, 0.6) is 11.5 Å². The van der Waals surface area contributed by atoms with Crippen LogP contribution < -0.4 is 42.5 Å². The highest BCUT2D eigenvalue weighted by Crippen LogP contribution is 2.29. The number of ether oxygens (including phenoxy) is 2. The largest absolute Gasteiger partial charge is 0.573 e. The van der Waals surface area contributed by atoms with Crippen molar-refractivity contribution in [2.24, 2.45) is 0 Å². The van der Waals surface area contributed by atoms with Gasteiger partial charge in [0, 0.05) is 11.9 Å². The Balaban J connectivity index is 1.82. The molecule has 0 saturated carbocycles. The number of halogens is 3. The van der Waals surface area contributed by atoms with E-state index in [0.29, 0.717) is 0 Å². The minimum absolute atomic E-state index is 0.0178. The first-order valence-corrected chi connectivity index (χ1v) is 10.7. The standard InChI is InChI=1S/C21H8B8F3N3O3/c22-12-10(7-1-3-8(4-2-7)37-21(30,31)32)13(23)14(24)16-11(12)19(36)35(6-20(28,29)38-16)5-9-33-17(26)15(25)18(27)34-9/h1-4H,5-6H2. The predicted molar refractivity (Wildman–Crippen MR) is 143 cm³/mol. The van der Waals surface area contributed by atoms with Crippen molar-refractivity contribution in [1.29, 1.82) is 0 Å². The molecule has 0 aliphatic carbocycles. The van der Waals surface area contributed by atoms with Crippen LogP contribution in [0.2, 0.25) is 0 Å². The molecule has 1 amide bonds. The highest BCUT2D eigenvalue weighted by molar-refractivity contribution is 6.57. The van der Waals surface area contributed by atoms with Gasteiger partial charge >= 0.3 is 6.36 Å². The molecule has 6 nitrogen and oxygen atoms in total. The summed E-state index contributed by atoms with van der Waals surface area (Å²) in [5.74, 6) is -1.47. The Morgan fingerprint density at radius 1 is 0.895 bits per heavy atom. The van der Waals surface area contributed by atoms with Crippen molar-refractivity contribution in [2.45, 2.75) is 18.3 Å². The summed E-state index contributed by atoms with van der Waals surface area (Å²) in [6.07, 6.45) is -4.89. The maximum atomic E-state index is 13.7. The van der Waals surface area contributed by atoms with Gasteiger partial charge in [-0.15, -0.1) is 13.2 Å². The van der Waals surface area contributed by atoms with Crippen LogP contribution in [-0.4, -0.2) is 102 Å². The van der Waals surface area contributed by atoms with Crippen molar-refractivity contribution in [1.82, 2.24) is 14.9 Å². The monoisotopic (exact) mass is 495 g/mol. The van der Waals surface area contributed by atoms with Crippen LogP contribution in [0.1, 0.15) is 16.2 Å². The van der Waals surface area contributed by atoms with Crippen molar-refractivity contribution < 1.29 is 27.4 Å². The van der Waals surface area contributed by atoms with Crippen molar-refractivity contribution in [3.05, 3.63) is 35.7 Å². The van der Waals surface area contributed by atoms with E-state index in [1.54, 1.807) is 0 Å². The molecule has 0 unspecified atom stereocenters. The third-order valence-electron chi connectivity index (χ3n) is 5.56. The molecule has 0 spiro atoms. The summed E-state index contributed by atoms with van der Waals surface area (Å²) in [6, 6.07) is 4.62. The molecule has 0 bridgehead atoms. The Kier molecular flexibility index (Phi) is 7.27. The zero-order chi connectivity index (χ0) is 28.2. The third kappa shape index (κ3) is 5.52. The number of benzene rings is 2. The van der Waals surface area contributed by atoms with Gasteiger partial charge in [0.05, 0.1) is 12.1 Å². The van der Waals surface area contributed by atoms with E-state index in [-0.39, 0.29) is 74.4 Å². The normalized spacial score (nSPS) is 14.9. The SMILES string of the molecule is [B]c1nc(CN2CC([B])([B])Oc3c([B])c([B])c(-c4ccc(OC(F)(F)F)cc4)c([B])c3C2=O)nc([B])c1[B]. The van der Waals surface area contributed by atoms with Gasteiger partial charge in [-0.25, -0.2) is 9.97 Å². The number of carbonyl (C=O) groups excluding carboxylic acids is 1. The van der Waals surface area contributed by atoms with E-state index in [1.807, 2.05) is 0 Å². The Hall–Kier alpha value is -3.10. The van der Waals surface area contributed by atoms with Crippen LogP contribution in [0, 0.1) is 0 Å². The molecule has 0 saturated heterocycles. The van der Waals surface area contributed by atoms with E-state index < -0.39 is 23.4 Å². The van der Waals surface area contributed by atoms with Gasteiger partial charge in [-0.1, -0.05) is 34.0 Å².